The van der Waals surface area contributed by atoms with Gasteiger partial charge in [0, 0.05) is 11.9 Å². The Balaban J connectivity index is 1.90. The molecule has 0 spiro atoms. The summed E-state index contributed by atoms with van der Waals surface area (Å²) < 4.78 is 5.16. The maximum Gasteiger partial charge on any atom is 0.309 e. The second-order valence-corrected chi connectivity index (χ2v) is 4.56. The number of rotatable bonds is 4. The quantitative estimate of drug-likeness (QED) is 0.741. The van der Waals surface area contributed by atoms with Gasteiger partial charge in [0.05, 0.1) is 5.92 Å². The van der Waals surface area contributed by atoms with Gasteiger partial charge in [-0.15, -0.1) is 0 Å². The zero-order valence-corrected chi connectivity index (χ0v) is 10.0. The molecule has 0 amide bonds. The molecule has 1 aromatic carbocycles. The van der Waals surface area contributed by atoms with Crippen LogP contribution < -0.4 is 5.11 Å². The molecule has 0 radical (unpaired) electrons. The molecule has 18 heavy (non-hydrogen) atoms. The Morgan fingerprint density at radius 2 is 1.83 bits per heavy atom. The van der Waals surface area contributed by atoms with E-state index in [9.17, 15) is 14.7 Å². The molecule has 96 valence electrons. The van der Waals surface area contributed by atoms with Crippen molar-refractivity contribution in [3.8, 4) is 0 Å². The highest BCUT2D eigenvalue weighted by molar-refractivity contribution is 5.80. The van der Waals surface area contributed by atoms with Crippen molar-refractivity contribution in [3.05, 3.63) is 35.9 Å². The fraction of sp³-hybridized carbons (Fsp3) is 0.429. The number of hydrogen-bond donors (Lipinski definition) is 0. The first-order chi connectivity index (χ1) is 8.68. The number of carboxylic acid groups (broad SMARTS) is 1. The van der Waals surface area contributed by atoms with Crippen LogP contribution in [0.2, 0.25) is 0 Å². The van der Waals surface area contributed by atoms with Gasteiger partial charge in [-0.1, -0.05) is 36.8 Å². The monoisotopic (exact) mass is 247 g/mol. The SMILES string of the molecule is O=C(OCc1ccccc1)[C@H]1CCC[C@H]1C(=O)[O-]. The van der Waals surface area contributed by atoms with E-state index in [1.807, 2.05) is 30.3 Å². The van der Waals surface area contributed by atoms with E-state index >= 15 is 0 Å². The second-order valence-electron chi connectivity index (χ2n) is 4.56. The van der Waals surface area contributed by atoms with Crippen LogP contribution in [-0.2, 0) is 20.9 Å². The number of aliphatic carboxylic acids is 1. The second kappa shape index (κ2) is 5.67. The third-order valence-corrected chi connectivity index (χ3v) is 3.35. The van der Waals surface area contributed by atoms with Crippen LogP contribution in [0.15, 0.2) is 30.3 Å². The number of carbonyl (C=O) groups is 2. The molecule has 1 saturated carbocycles. The van der Waals surface area contributed by atoms with Gasteiger partial charge in [-0.3, -0.25) is 4.79 Å². The molecule has 0 bridgehead atoms. The summed E-state index contributed by atoms with van der Waals surface area (Å²) >= 11 is 0. The van der Waals surface area contributed by atoms with Crippen LogP contribution in [0.1, 0.15) is 24.8 Å². The largest absolute Gasteiger partial charge is 0.550 e. The number of hydrogen-bond acceptors (Lipinski definition) is 4. The molecule has 1 aliphatic rings. The van der Waals surface area contributed by atoms with Crippen LogP contribution >= 0.6 is 0 Å². The van der Waals surface area contributed by atoms with Gasteiger partial charge in [-0.25, -0.2) is 0 Å². The zero-order valence-electron chi connectivity index (χ0n) is 10.0. The third kappa shape index (κ3) is 2.88. The summed E-state index contributed by atoms with van der Waals surface area (Å²) in [5, 5.41) is 10.9. The molecule has 1 fully saturated rings. The Kier molecular flexibility index (Phi) is 3.97. The molecular weight excluding hydrogens is 232 g/mol. The average Bonchev–Trinajstić information content (AvgIpc) is 2.86. The summed E-state index contributed by atoms with van der Waals surface area (Å²) in [5.41, 5.74) is 0.897. The summed E-state index contributed by atoms with van der Waals surface area (Å²) in [6.07, 6.45) is 1.82. The topological polar surface area (TPSA) is 66.4 Å². The fourth-order valence-electron chi connectivity index (χ4n) is 2.36. The summed E-state index contributed by atoms with van der Waals surface area (Å²) in [6, 6.07) is 9.33. The summed E-state index contributed by atoms with van der Waals surface area (Å²) in [7, 11) is 0. The van der Waals surface area contributed by atoms with E-state index in [0.29, 0.717) is 12.8 Å². The van der Waals surface area contributed by atoms with Crippen LogP contribution in [0, 0.1) is 11.8 Å². The van der Waals surface area contributed by atoms with Crippen molar-refractivity contribution in [3.63, 3.8) is 0 Å². The lowest BCUT2D eigenvalue weighted by atomic mass is 9.96. The Morgan fingerprint density at radius 3 is 2.50 bits per heavy atom. The van der Waals surface area contributed by atoms with Crippen LogP contribution in [0.25, 0.3) is 0 Å². The van der Waals surface area contributed by atoms with E-state index in [1.165, 1.54) is 0 Å². The van der Waals surface area contributed by atoms with Crippen molar-refractivity contribution < 1.29 is 19.4 Å². The van der Waals surface area contributed by atoms with E-state index in [1.54, 1.807) is 0 Å². The minimum atomic E-state index is -1.14. The lowest BCUT2D eigenvalue weighted by Crippen LogP contribution is -2.36. The summed E-state index contributed by atoms with van der Waals surface area (Å²) in [5.74, 6) is -2.80. The van der Waals surface area contributed by atoms with Crippen molar-refractivity contribution in [2.24, 2.45) is 11.8 Å². The molecule has 1 aliphatic carbocycles. The minimum Gasteiger partial charge on any atom is -0.550 e. The number of esters is 1. The first-order valence-corrected chi connectivity index (χ1v) is 6.10. The zero-order chi connectivity index (χ0) is 13.0. The van der Waals surface area contributed by atoms with Gasteiger partial charge in [-0.05, 0) is 18.4 Å². The first kappa shape index (κ1) is 12.6. The summed E-state index contributed by atoms with van der Waals surface area (Å²) in [4.78, 5) is 22.7. The van der Waals surface area contributed by atoms with Gasteiger partial charge in [0.1, 0.15) is 6.61 Å². The van der Waals surface area contributed by atoms with E-state index in [-0.39, 0.29) is 6.61 Å². The Bertz CT molecular complexity index is 427. The first-order valence-electron chi connectivity index (χ1n) is 6.10. The molecule has 0 aliphatic heterocycles. The summed E-state index contributed by atoms with van der Waals surface area (Å²) in [6.45, 7) is 0.190. The predicted octanol–water partition coefficient (Wildman–Crippen LogP) is 0.896. The van der Waals surface area contributed by atoms with Crippen molar-refractivity contribution in [1.82, 2.24) is 0 Å². The van der Waals surface area contributed by atoms with E-state index in [4.69, 9.17) is 4.74 Å². The van der Waals surface area contributed by atoms with Crippen molar-refractivity contribution in [2.75, 3.05) is 0 Å². The van der Waals surface area contributed by atoms with Gasteiger partial charge in [0.2, 0.25) is 0 Å². The lowest BCUT2D eigenvalue weighted by Gasteiger charge is -2.19. The van der Waals surface area contributed by atoms with E-state index in [2.05, 4.69) is 0 Å². The smallest absolute Gasteiger partial charge is 0.309 e. The van der Waals surface area contributed by atoms with Crippen molar-refractivity contribution in [2.45, 2.75) is 25.9 Å². The van der Waals surface area contributed by atoms with E-state index < -0.39 is 23.8 Å². The molecule has 0 saturated heterocycles. The molecule has 4 heteroatoms. The molecule has 1 aromatic rings. The Morgan fingerprint density at radius 1 is 1.17 bits per heavy atom. The molecule has 2 atom stereocenters. The van der Waals surface area contributed by atoms with Gasteiger partial charge in [0.15, 0.2) is 0 Å². The highest BCUT2D eigenvalue weighted by Crippen LogP contribution is 2.32. The maximum absolute atomic E-state index is 11.8. The van der Waals surface area contributed by atoms with Gasteiger partial charge in [-0.2, -0.15) is 0 Å². The van der Waals surface area contributed by atoms with Crippen molar-refractivity contribution in [1.29, 1.82) is 0 Å². The molecule has 0 N–H and O–H groups in total. The molecule has 0 aromatic heterocycles. The molecule has 2 rings (SSSR count). The molecule has 4 nitrogen and oxygen atoms in total. The lowest BCUT2D eigenvalue weighted by molar-refractivity contribution is -0.312. The van der Waals surface area contributed by atoms with Crippen LogP contribution in [0.5, 0.6) is 0 Å². The third-order valence-electron chi connectivity index (χ3n) is 3.35. The minimum absolute atomic E-state index is 0.190. The van der Waals surface area contributed by atoms with Crippen molar-refractivity contribution >= 4 is 11.9 Å². The van der Waals surface area contributed by atoms with Gasteiger partial charge in [0.25, 0.3) is 0 Å². The van der Waals surface area contributed by atoms with Crippen LogP contribution in [-0.4, -0.2) is 11.9 Å². The molecule has 0 heterocycles. The number of ether oxygens (including phenoxy) is 1. The molecule has 0 unspecified atom stereocenters. The Hall–Kier alpha value is -1.84. The molecular formula is C14H15O4-. The highest BCUT2D eigenvalue weighted by atomic mass is 16.5. The van der Waals surface area contributed by atoms with Crippen LogP contribution in [0.3, 0.4) is 0 Å². The number of carboxylic acids is 1. The van der Waals surface area contributed by atoms with Gasteiger partial charge >= 0.3 is 5.97 Å². The standard InChI is InChI=1S/C14H16O4/c15-13(16)11-7-4-8-12(11)14(17)18-9-10-5-2-1-3-6-10/h1-3,5-6,11-12H,4,7-9H2,(H,15,16)/p-1/t11-,12+/m1/s1. The fourth-order valence-corrected chi connectivity index (χ4v) is 2.36. The predicted molar refractivity (Wildman–Crippen MR) is 62.1 cm³/mol. The normalized spacial score (nSPS) is 22.7. The maximum atomic E-state index is 11.8. The Labute approximate surface area is 106 Å². The average molecular weight is 247 g/mol. The van der Waals surface area contributed by atoms with E-state index in [0.717, 1.165) is 12.0 Å². The highest BCUT2D eigenvalue weighted by Gasteiger charge is 2.34. The van der Waals surface area contributed by atoms with Gasteiger partial charge < -0.3 is 14.6 Å². The van der Waals surface area contributed by atoms with Crippen LogP contribution in [0.4, 0.5) is 0 Å². The number of benzene rings is 1. The number of carbonyl (C=O) groups excluding carboxylic acids is 2.